The van der Waals surface area contributed by atoms with Crippen LogP contribution in [0.2, 0.25) is 0 Å². The van der Waals surface area contributed by atoms with Crippen molar-refractivity contribution in [1.82, 2.24) is 9.97 Å². The van der Waals surface area contributed by atoms with Crippen LogP contribution in [0.25, 0.3) is 0 Å². The van der Waals surface area contributed by atoms with Crippen molar-refractivity contribution in [3.63, 3.8) is 0 Å². The zero-order chi connectivity index (χ0) is 20.6. The van der Waals surface area contributed by atoms with Crippen molar-refractivity contribution in [2.24, 2.45) is 0 Å². The molecule has 2 heterocycles. The van der Waals surface area contributed by atoms with Crippen LogP contribution in [-0.2, 0) is 4.74 Å². The van der Waals surface area contributed by atoms with E-state index in [1.165, 1.54) is 18.0 Å². The van der Waals surface area contributed by atoms with E-state index in [1.807, 2.05) is 54.6 Å². The molecule has 1 aliphatic rings. The predicted octanol–water partition coefficient (Wildman–Crippen LogP) is 4.83. The molecule has 154 valence electrons. The molecule has 2 aromatic carbocycles. The second-order valence-corrected chi connectivity index (χ2v) is 7.94. The highest BCUT2D eigenvalue weighted by Gasteiger charge is 2.19. The first-order valence-electron chi connectivity index (χ1n) is 9.98. The molecule has 0 saturated carbocycles. The molecule has 30 heavy (non-hydrogen) atoms. The van der Waals surface area contributed by atoms with Gasteiger partial charge in [-0.1, -0.05) is 42.1 Å². The first-order chi connectivity index (χ1) is 14.8. The zero-order valence-corrected chi connectivity index (χ0v) is 17.3. The van der Waals surface area contributed by atoms with Gasteiger partial charge in [0.15, 0.2) is 5.69 Å². The van der Waals surface area contributed by atoms with Gasteiger partial charge in [0.2, 0.25) is 0 Å². The fourth-order valence-corrected chi connectivity index (χ4v) is 4.03. The Kier molecular flexibility index (Phi) is 6.95. The summed E-state index contributed by atoms with van der Waals surface area (Å²) < 4.78 is 11.7. The number of hydrogen-bond donors (Lipinski definition) is 1. The van der Waals surface area contributed by atoms with Crippen molar-refractivity contribution in [1.29, 1.82) is 0 Å². The number of carbonyl (C=O) groups excluding carboxylic acids is 1. The van der Waals surface area contributed by atoms with Crippen molar-refractivity contribution in [3.05, 3.63) is 72.7 Å². The summed E-state index contributed by atoms with van der Waals surface area (Å²) in [5.41, 5.74) is 0.872. The van der Waals surface area contributed by atoms with Crippen LogP contribution in [0.4, 0.5) is 5.69 Å². The quantitative estimate of drug-likeness (QED) is 0.589. The summed E-state index contributed by atoms with van der Waals surface area (Å²) in [5.74, 6) is 0.285. The Balaban J connectivity index is 1.47. The van der Waals surface area contributed by atoms with E-state index in [-0.39, 0.29) is 17.7 Å². The van der Waals surface area contributed by atoms with Crippen LogP contribution in [0.5, 0.6) is 5.75 Å². The molecule has 4 rings (SSSR count). The van der Waals surface area contributed by atoms with Crippen molar-refractivity contribution in [2.45, 2.75) is 35.3 Å². The average Bonchev–Trinajstić information content (AvgIpc) is 2.80. The highest BCUT2D eigenvalue weighted by molar-refractivity contribution is 7.99. The van der Waals surface area contributed by atoms with Crippen LogP contribution < -0.4 is 10.1 Å². The molecule has 1 saturated heterocycles. The number of amides is 1. The van der Waals surface area contributed by atoms with E-state index in [1.54, 1.807) is 6.20 Å². The molecule has 1 unspecified atom stereocenters. The molecule has 1 fully saturated rings. The van der Waals surface area contributed by atoms with Crippen LogP contribution in [-0.4, -0.2) is 35.2 Å². The number of nitrogens with one attached hydrogen (secondary N) is 1. The lowest BCUT2D eigenvalue weighted by Gasteiger charge is -2.23. The minimum atomic E-state index is -0.327. The van der Waals surface area contributed by atoms with E-state index in [0.717, 1.165) is 30.8 Å². The highest BCUT2D eigenvalue weighted by Crippen LogP contribution is 2.29. The lowest BCUT2D eigenvalue weighted by Crippen LogP contribution is -2.26. The van der Waals surface area contributed by atoms with E-state index in [0.29, 0.717) is 23.1 Å². The monoisotopic (exact) mass is 421 g/mol. The summed E-state index contributed by atoms with van der Waals surface area (Å²) in [6.07, 6.45) is 6.45. The molecule has 3 aromatic rings. The number of rotatable bonds is 7. The van der Waals surface area contributed by atoms with Crippen molar-refractivity contribution >= 4 is 23.4 Å². The minimum Gasteiger partial charge on any atom is -0.489 e. The van der Waals surface area contributed by atoms with Crippen molar-refractivity contribution < 1.29 is 14.3 Å². The molecular formula is C23H23N3O3S. The van der Waals surface area contributed by atoms with Crippen molar-refractivity contribution in [2.75, 3.05) is 18.5 Å². The summed E-state index contributed by atoms with van der Waals surface area (Å²) >= 11 is 1.40. The molecule has 0 radical (unpaired) electrons. The number of ether oxygens (including phenoxy) is 2. The maximum atomic E-state index is 13.0. The van der Waals surface area contributed by atoms with Crippen LogP contribution in [0.3, 0.4) is 0 Å². The van der Waals surface area contributed by atoms with Gasteiger partial charge in [0.25, 0.3) is 5.91 Å². The maximum Gasteiger partial charge on any atom is 0.277 e. The normalized spacial score (nSPS) is 16.1. The first kappa shape index (κ1) is 20.4. The molecule has 0 spiro atoms. The van der Waals surface area contributed by atoms with Crippen LogP contribution >= 0.6 is 11.8 Å². The Bertz CT molecular complexity index is 978. The largest absolute Gasteiger partial charge is 0.489 e. The molecular weight excluding hydrogens is 398 g/mol. The zero-order valence-electron chi connectivity index (χ0n) is 16.5. The van der Waals surface area contributed by atoms with Gasteiger partial charge >= 0.3 is 0 Å². The third-order valence-corrected chi connectivity index (χ3v) is 5.67. The number of benzene rings is 2. The van der Waals surface area contributed by atoms with Gasteiger partial charge in [-0.2, -0.15) is 0 Å². The van der Waals surface area contributed by atoms with Crippen molar-refractivity contribution in [3.8, 4) is 5.75 Å². The third-order valence-electron chi connectivity index (χ3n) is 4.67. The third kappa shape index (κ3) is 5.37. The van der Waals surface area contributed by atoms with Gasteiger partial charge < -0.3 is 14.8 Å². The molecule has 1 amide bonds. The second-order valence-electron chi connectivity index (χ2n) is 6.88. The number of nitrogens with zero attached hydrogens (tertiary/aromatic N) is 2. The lowest BCUT2D eigenvalue weighted by atomic mass is 10.1. The Hall–Kier alpha value is -2.90. The molecule has 0 bridgehead atoms. The summed E-state index contributed by atoms with van der Waals surface area (Å²) in [4.78, 5) is 22.6. The lowest BCUT2D eigenvalue weighted by molar-refractivity contribution is -0.0109. The topological polar surface area (TPSA) is 73.3 Å². The minimum absolute atomic E-state index is 0.0939. The predicted molar refractivity (Wildman–Crippen MR) is 116 cm³/mol. The van der Waals surface area contributed by atoms with Gasteiger partial charge in [0.1, 0.15) is 17.4 Å². The SMILES string of the molecule is O=C(Nc1ccccc1OCC1CCCCO1)c1nccnc1Sc1ccccc1. The fourth-order valence-electron chi connectivity index (χ4n) is 3.15. The Morgan fingerprint density at radius 1 is 1.07 bits per heavy atom. The fraction of sp³-hybridized carbons (Fsp3) is 0.261. The smallest absolute Gasteiger partial charge is 0.277 e. The summed E-state index contributed by atoms with van der Waals surface area (Å²) in [6, 6.07) is 17.2. The average molecular weight is 422 g/mol. The first-order valence-corrected chi connectivity index (χ1v) is 10.8. The van der Waals surface area contributed by atoms with E-state index < -0.39 is 0 Å². The summed E-state index contributed by atoms with van der Waals surface area (Å²) in [5, 5.41) is 3.47. The molecule has 7 heteroatoms. The van der Waals surface area contributed by atoms with Gasteiger partial charge in [-0.15, -0.1) is 0 Å². The molecule has 1 aliphatic heterocycles. The standard InChI is InChI=1S/C23H23N3O3S/c27-22(21-23(25-14-13-24-21)30-18-9-2-1-3-10-18)26-19-11-4-5-12-20(19)29-16-17-8-6-7-15-28-17/h1-5,9-14,17H,6-8,15-16H2,(H,26,27). The van der Waals surface area contributed by atoms with Crippen LogP contribution in [0, 0.1) is 0 Å². The van der Waals surface area contributed by atoms with E-state index >= 15 is 0 Å². The maximum absolute atomic E-state index is 13.0. The molecule has 1 atom stereocenters. The number of aromatic nitrogens is 2. The van der Waals surface area contributed by atoms with E-state index in [4.69, 9.17) is 9.47 Å². The molecule has 1 N–H and O–H groups in total. The van der Waals surface area contributed by atoms with Gasteiger partial charge in [-0.25, -0.2) is 9.97 Å². The summed E-state index contributed by atoms with van der Waals surface area (Å²) in [6.45, 7) is 1.24. The van der Waals surface area contributed by atoms with Gasteiger partial charge in [0, 0.05) is 23.9 Å². The number of carbonyl (C=O) groups is 1. The van der Waals surface area contributed by atoms with E-state index in [2.05, 4.69) is 15.3 Å². The van der Waals surface area contributed by atoms with Gasteiger partial charge in [-0.05, 0) is 43.5 Å². The van der Waals surface area contributed by atoms with E-state index in [9.17, 15) is 4.79 Å². The Morgan fingerprint density at radius 2 is 1.87 bits per heavy atom. The molecule has 0 aliphatic carbocycles. The number of hydrogen-bond acceptors (Lipinski definition) is 6. The van der Waals surface area contributed by atoms with Crippen LogP contribution in [0.1, 0.15) is 29.8 Å². The van der Waals surface area contributed by atoms with Gasteiger partial charge in [-0.3, -0.25) is 4.79 Å². The second kappa shape index (κ2) is 10.2. The van der Waals surface area contributed by atoms with Gasteiger partial charge in [0.05, 0.1) is 11.8 Å². The number of anilines is 1. The Labute approximate surface area is 180 Å². The van der Waals surface area contributed by atoms with Crippen LogP contribution in [0.15, 0.2) is 76.9 Å². The number of para-hydroxylation sites is 2. The molecule has 1 aromatic heterocycles. The summed E-state index contributed by atoms with van der Waals surface area (Å²) in [7, 11) is 0. The molecule has 6 nitrogen and oxygen atoms in total. The Morgan fingerprint density at radius 3 is 2.70 bits per heavy atom. The highest BCUT2D eigenvalue weighted by atomic mass is 32.2.